The molecule has 1 atom stereocenters. The molecule has 1 N–H and O–H groups in total. The predicted molar refractivity (Wildman–Crippen MR) is 123 cm³/mol. The summed E-state index contributed by atoms with van der Waals surface area (Å²) < 4.78 is 0. The van der Waals surface area contributed by atoms with E-state index >= 15 is 0 Å². The molecular formula is C25H30N4O3. The molecule has 0 bridgehead atoms. The molecule has 1 aromatic rings. The van der Waals surface area contributed by atoms with Gasteiger partial charge in [0.1, 0.15) is 11.4 Å². The second-order valence-corrected chi connectivity index (χ2v) is 8.90. The fraction of sp³-hybridized carbons (Fsp3) is 0.440. The number of amides is 3. The lowest BCUT2D eigenvalue weighted by Crippen LogP contribution is -2.62. The third-order valence-electron chi connectivity index (χ3n) is 6.42. The van der Waals surface area contributed by atoms with Crippen molar-refractivity contribution in [2.45, 2.75) is 57.0 Å². The molecule has 0 saturated heterocycles. The van der Waals surface area contributed by atoms with Crippen molar-refractivity contribution in [2.24, 2.45) is 4.99 Å². The Balaban J connectivity index is 1.54. The molecule has 7 heteroatoms. The van der Waals surface area contributed by atoms with Crippen LogP contribution in [-0.2, 0) is 20.8 Å². The van der Waals surface area contributed by atoms with Crippen molar-refractivity contribution in [3.8, 4) is 0 Å². The second-order valence-electron chi connectivity index (χ2n) is 8.90. The molecule has 0 radical (unpaired) electrons. The molecule has 168 valence electrons. The minimum Gasteiger partial charge on any atom is -0.352 e. The largest absolute Gasteiger partial charge is 0.352 e. The van der Waals surface area contributed by atoms with Gasteiger partial charge in [0.25, 0.3) is 5.91 Å². The van der Waals surface area contributed by atoms with Gasteiger partial charge in [0, 0.05) is 18.8 Å². The number of carbonyl (C=O) groups excluding carboxylic acids is 3. The van der Waals surface area contributed by atoms with Crippen LogP contribution in [0.4, 0.5) is 0 Å². The van der Waals surface area contributed by atoms with Gasteiger partial charge in [0.05, 0.1) is 13.0 Å². The lowest BCUT2D eigenvalue weighted by molar-refractivity contribution is -0.146. The third-order valence-corrected chi connectivity index (χ3v) is 6.42. The normalized spacial score (nSPS) is 22.5. The van der Waals surface area contributed by atoms with Gasteiger partial charge in [-0.15, -0.1) is 0 Å². The number of nitrogens with zero attached hydrogens (tertiary/aromatic N) is 3. The van der Waals surface area contributed by atoms with E-state index < -0.39 is 5.54 Å². The zero-order valence-electron chi connectivity index (χ0n) is 18.5. The van der Waals surface area contributed by atoms with E-state index in [1.54, 1.807) is 35.1 Å². The van der Waals surface area contributed by atoms with Gasteiger partial charge >= 0.3 is 0 Å². The SMILES string of the molecule is C[C@@]1(C(=O)N(CCc2ccccc2)CC(=O)NC2CCCC2)CC(=O)N=C2C=CC=CN21. The predicted octanol–water partition coefficient (Wildman–Crippen LogP) is 2.59. The molecule has 0 spiro atoms. The Morgan fingerprint density at radius 1 is 1.19 bits per heavy atom. The van der Waals surface area contributed by atoms with Crippen LogP contribution in [-0.4, -0.2) is 58.0 Å². The highest BCUT2D eigenvalue weighted by atomic mass is 16.2. The van der Waals surface area contributed by atoms with Gasteiger partial charge in [-0.05, 0) is 43.9 Å². The highest BCUT2D eigenvalue weighted by molar-refractivity contribution is 6.09. The summed E-state index contributed by atoms with van der Waals surface area (Å²) in [6.07, 6.45) is 11.9. The zero-order chi connectivity index (χ0) is 22.6. The van der Waals surface area contributed by atoms with Crippen LogP contribution in [0.5, 0.6) is 0 Å². The number of carbonyl (C=O) groups is 3. The average Bonchev–Trinajstić information content (AvgIpc) is 3.29. The Morgan fingerprint density at radius 3 is 2.69 bits per heavy atom. The van der Waals surface area contributed by atoms with Crippen molar-refractivity contribution >= 4 is 23.6 Å². The lowest BCUT2D eigenvalue weighted by atomic mass is 9.90. The van der Waals surface area contributed by atoms with Gasteiger partial charge in [0.2, 0.25) is 11.8 Å². The molecule has 0 unspecified atom stereocenters. The van der Waals surface area contributed by atoms with E-state index in [9.17, 15) is 14.4 Å². The van der Waals surface area contributed by atoms with E-state index in [1.807, 2.05) is 36.4 Å². The Labute approximate surface area is 188 Å². The van der Waals surface area contributed by atoms with Crippen molar-refractivity contribution < 1.29 is 14.4 Å². The van der Waals surface area contributed by atoms with Crippen molar-refractivity contribution in [1.82, 2.24) is 15.1 Å². The van der Waals surface area contributed by atoms with Crippen molar-refractivity contribution in [1.29, 1.82) is 0 Å². The number of nitrogens with one attached hydrogen (secondary N) is 1. The zero-order valence-corrected chi connectivity index (χ0v) is 18.5. The van der Waals surface area contributed by atoms with Crippen LogP contribution >= 0.6 is 0 Å². The topological polar surface area (TPSA) is 82.1 Å². The Hall–Kier alpha value is -3.22. The summed E-state index contributed by atoms with van der Waals surface area (Å²) in [5.41, 5.74) is -0.0332. The molecule has 1 fully saturated rings. The first kappa shape index (κ1) is 22.0. The highest BCUT2D eigenvalue weighted by Gasteiger charge is 2.47. The number of benzene rings is 1. The van der Waals surface area contributed by atoms with Crippen LogP contribution in [0.2, 0.25) is 0 Å². The molecular weight excluding hydrogens is 404 g/mol. The van der Waals surface area contributed by atoms with Crippen LogP contribution in [0, 0.1) is 0 Å². The first-order valence-corrected chi connectivity index (χ1v) is 11.3. The first-order chi connectivity index (χ1) is 15.5. The van der Waals surface area contributed by atoms with Crippen LogP contribution in [0.25, 0.3) is 0 Å². The van der Waals surface area contributed by atoms with Gasteiger partial charge in [-0.3, -0.25) is 14.4 Å². The summed E-state index contributed by atoms with van der Waals surface area (Å²) in [6.45, 7) is 2.13. The van der Waals surface area contributed by atoms with Crippen LogP contribution in [0.15, 0.2) is 59.8 Å². The molecule has 7 nitrogen and oxygen atoms in total. The van der Waals surface area contributed by atoms with Crippen LogP contribution in [0.1, 0.15) is 44.6 Å². The van der Waals surface area contributed by atoms with E-state index in [1.165, 1.54) is 0 Å². The molecule has 4 rings (SSSR count). The molecule has 1 aliphatic carbocycles. The van der Waals surface area contributed by atoms with Gasteiger partial charge in [-0.25, -0.2) is 0 Å². The Bertz CT molecular complexity index is 963. The number of hydrogen-bond donors (Lipinski definition) is 1. The van der Waals surface area contributed by atoms with E-state index in [-0.39, 0.29) is 36.7 Å². The summed E-state index contributed by atoms with van der Waals surface area (Å²) in [6, 6.07) is 10.1. The Morgan fingerprint density at radius 2 is 1.94 bits per heavy atom. The molecule has 0 aromatic heterocycles. The fourth-order valence-electron chi connectivity index (χ4n) is 4.69. The first-order valence-electron chi connectivity index (χ1n) is 11.3. The van der Waals surface area contributed by atoms with Gasteiger partial charge in [0.15, 0.2) is 0 Å². The summed E-state index contributed by atoms with van der Waals surface area (Å²) in [5, 5.41) is 3.08. The maximum absolute atomic E-state index is 13.9. The van der Waals surface area contributed by atoms with Gasteiger partial charge in [-0.2, -0.15) is 4.99 Å². The van der Waals surface area contributed by atoms with Crippen molar-refractivity contribution in [2.75, 3.05) is 13.1 Å². The van der Waals surface area contributed by atoms with Gasteiger partial charge < -0.3 is 15.1 Å². The van der Waals surface area contributed by atoms with Gasteiger partial charge in [-0.1, -0.05) is 49.2 Å². The average molecular weight is 435 g/mol. The molecule has 2 heterocycles. The number of hydrogen-bond acceptors (Lipinski definition) is 4. The quantitative estimate of drug-likeness (QED) is 0.715. The maximum Gasteiger partial charge on any atom is 0.250 e. The third kappa shape index (κ3) is 4.82. The number of aliphatic imine (C=N–C) groups is 1. The van der Waals surface area contributed by atoms with Crippen molar-refractivity contribution in [3.63, 3.8) is 0 Å². The molecule has 32 heavy (non-hydrogen) atoms. The molecule has 3 aliphatic rings. The van der Waals surface area contributed by atoms with E-state index in [0.29, 0.717) is 18.8 Å². The van der Waals surface area contributed by atoms with E-state index in [0.717, 1.165) is 31.2 Å². The van der Waals surface area contributed by atoms with Crippen molar-refractivity contribution in [3.05, 3.63) is 60.3 Å². The lowest BCUT2D eigenvalue weighted by Gasteiger charge is -2.44. The Kier molecular flexibility index (Phi) is 6.53. The van der Waals surface area contributed by atoms with Crippen LogP contribution in [0.3, 0.4) is 0 Å². The van der Waals surface area contributed by atoms with Crippen LogP contribution < -0.4 is 5.32 Å². The molecule has 1 aromatic carbocycles. The summed E-state index contributed by atoms with van der Waals surface area (Å²) in [4.78, 5) is 46.5. The second kappa shape index (κ2) is 9.51. The number of amidine groups is 1. The maximum atomic E-state index is 13.9. The molecule has 3 amide bonds. The minimum atomic E-state index is -1.13. The van der Waals surface area contributed by atoms with E-state index in [2.05, 4.69) is 10.3 Å². The van der Waals surface area contributed by atoms with E-state index in [4.69, 9.17) is 0 Å². The number of allylic oxidation sites excluding steroid dienone is 2. The fourth-order valence-corrected chi connectivity index (χ4v) is 4.69. The summed E-state index contributed by atoms with van der Waals surface area (Å²) in [7, 11) is 0. The highest BCUT2D eigenvalue weighted by Crippen LogP contribution is 2.30. The number of fused-ring (bicyclic) bond motifs is 1. The summed E-state index contributed by atoms with van der Waals surface area (Å²) >= 11 is 0. The summed E-state index contributed by atoms with van der Waals surface area (Å²) in [5.74, 6) is -0.258. The monoisotopic (exact) mass is 434 g/mol. The smallest absolute Gasteiger partial charge is 0.250 e. The molecule has 1 saturated carbocycles. The standard InChI is InChI=1S/C25H30N4O3/c1-25(17-22(30)27-21-13-7-8-15-29(21)25)24(32)28(16-14-19-9-3-2-4-10-19)18-23(31)26-20-11-5-6-12-20/h2-4,7-10,13,15,20H,5-6,11-12,14,16-18H2,1H3,(H,26,31)/t25-/m0/s1. The number of rotatable bonds is 7. The minimum absolute atomic E-state index is 0.0220. The molecule has 2 aliphatic heterocycles.